The first-order valence-electron chi connectivity index (χ1n) is 8.47. The minimum Gasteiger partial charge on any atom is -0.342 e. The molecule has 0 aromatic heterocycles. The van der Waals surface area contributed by atoms with Crippen LogP contribution in [0.3, 0.4) is 0 Å². The van der Waals surface area contributed by atoms with Crippen LogP contribution in [-0.2, 0) is 9.59 Å². The molecule has 2 bridgehead atoms. The van der Waals surface area contributed by atoms with E-state index in [2.05, 4.69) is 10.6 Å². The monoisotopic (exact) mass is 305 g/mol. The quantitative estimate of drug-likeness (QED) is 0.748. The van der Waals surface area contributed by atoms with Crippen LogP contribution in [0, 0.1) is 17.8 Å². The van der Waals surface area contributed by atoms with Crippen LogP contribution in [0.4, 0.5) is 4.79 Å². The summed E-state index contributed by atoms with van der Waals surface area (Å²) in [5.74, 6) is 2.21. The summed E-state index contributed by atoms with van der Waals surface area (Å²) in [6, 6.07) is -0.410. The molecule has 120 valence electrons. The zero-order valence-electron chi connectivity index (χ0n) is 12.8. The molecule has 2 aliphatic carbocycles. The summed E-state index contributed by atoms with van der Waals surface area (Å²) in [5.41, 5.74) is -0.777. The summed E-state index contributed by atoms with van der Waals surface area (Å²) in [6.45, 7) is 1.13. The van der Waals surface area contributed by atoms with Crippen molar-refractivity contribution in [3.05, 3.63) is 0 Å². The zero-order valence-corrected chi connectivity index (χ0v) is 12.8. The molecular formula is C16H23N3O3. The number of carbonyl (C=O) groups excluding carboxylic acids is 3. The molecule has 4 rings (SSSR count). The lowest BCUT2D eigenvalue weighted by Crippen LogP contribution is -2.55. The molecule has 0 unspecified atom stereocenters. The van der Waals surface area contributed by atoms with Crippen molar-refractivity contribution in [3.63, 3.8) is 0 Å². The third-order valence-electron chi connectivity index (χ3n) is 6.31. The molecular weight excluding hydrogens is 282 g/mol. The fraction of sp³-hybridized carbons (Fsp3) is 0.812. The molecule has 6 heteroatoms. The number of hydrogen-bond acceptors (Lipinski definition) is 3. The molecule has 2 saturated carbocycles. The van der Waals surface area contributed by atoms with Gasteiger partial charge in [0.25, 0.3) is 5.91 Å². The van der Waals surface area contributed by atoms with Crippen LogP contribution in [-0.4, -0.2) is 41.4 Å². The second kappa shape index (κ2) is 4.96. The third-order valence-corrected chi connectivity index (χ3v) is 6.31. The van der Waals surface area contributed by atoms with Gasteiger partial charge in [-0.3, -0.25) is 14.9 Å². The average Bonchev–Trinajstić information content (AvgIpc) is 3.16. The standard InChI is InChI=1S/C16H23N3O3/c20-13(9-12-8-10-1-2-11(12)7-10)19-5-3-16(4-6-19)14(21)17-15(22)18-16/h10-12H,1-9H2,(H2,17,18,21,22)/t10-,11+,12-/m0/s1. The van der Waals surface area contributed by atoms with Crippen molar-refractivity contribution in [2.24, 2.45) is 17.8 Å². The zero-order chi connectivity index (χ0) is 15.3. The van der Waals surface area contributed by atoms with Crippen LogP contribution < -0.4 is 10.6 Å². The van der Waals surface area contributed by atoms with Gasteiger partial charge in [-0.25, -0.2) is 4.79 Å². The van der Waals surface area contributed by atoms with Crippen molar-refractivity contribution < 1.29 is 14.4 Å². The Morgan fingerprint density at radius 1 is 1.18 bits per heavy atom. The smallest absolute Gasteiger partial charge is 0.322 e. The van der Waals surface area contributed by atoms with Crippen molar-refractivity contribution >= 4 is 17.8 Å². The van der Waals surface area contributed by atoms with Gasteiger partial charge in [-0.05, 0) is 49.9 Å². The topological polar surface area (TPSA) is 78.5 Å². The van der Waals surface area contributed by atoms with Crippen molar-refractivity contribution in [1.29, 1.82) is 0 Å². The van der Waals surface area contributed by atoms with E-state index in [-0.39, 0.29) is 11.8 Å². The number of hydrogen-bond donors (Lipinski definition) is 2. The highest BCUT2D eigenvalue weighted by atomic mass is 16.2. The van der Waals surface area contributed by atoms with E-state index >= 15 is 0 Å². The number of urea groups is 1. The lowest BCUT2D eigenvalue weighted by atomic mass is 9.84. The van der Waals surface area contributed by atoms with Crippen molar-refractivity contribution in [2.75, 3.05) is 13.1 Å². The summed E-state index contributed by atoms with van der Waals surface area (Å²) in [4.78, 5) is 37.6. The van der Waals surface area contributed by atoms with E-state index in [4.69, 9.17) is 0 Å². The SMILES string of the molecule is O=C1NC(=O)C2(CCN(C(=O)C[C@@H]3C[C@H]4CC[C@@H]3C4)CC2)N1. The number of piperidine rings is 1. The molecule has 1 spiro atoms. The van der Waals surface area contributed by atoms with Crippen molar-refractivity contribution in [3.8, 4) is 0 Å². The van der Waals surface area contributed by atoms with Gasteiger partial charge in [0.15, 0.2) is 0 Å². The highest BCUT2D eigenvalue weighted by Crippen LogP contribution is 2.49. The summed E-state index contributed by atoms with van der Waals surface area (Å²) >= 11 is 0. The van der Waals surface area contributed by atoms with Gasteiger partial charge in [-0.2, -0.15) is 0 Å². The fourth-order valence-corrected chi connectivity index (χ4v) is 5.00. The Morgan fingerprint density at radius 3 is 2.50 bits per heavy atom. The highest BCUT2D eigenvalue weighted by Gasteiger charge is 2.48. The predicted molar refractivity (Wildman–Crippen MR) is 78.8 cm³/mol. The fourth-order valence-electron chi connectivity index (χ4n) is 5.00. The van der Waals surface area contributed by atoms with E-state index in [0.29, 0.717) is 38.3 Å². The summed E-state index contributed by atoms with van der Waals surface area (Å²) in [5, 5.41) is 5.04. The van der Waals surface area contributed by atoms with E-state index in [1.165, 1.54) is 25.7 Å². The predicted octanol–water partition coefficient (Wildman–Crippen LogP) is 1.01. The molecule has 3 atom stereocenters. The molecule has 2 saturated heterocycles. The Balaban J connectivity index is 1.33. The number of amides is 4. The van der Waals surface area contributed by atoms with E-state index in [1.54, 1.807) is 0 Å². The van der Waals surface area contributed by atoms with Crippen molar-refractivity contribution in [2.45, 2.75) is 50.5 Å². The first-order valence-corrected chi connectivity index (χ1v) is 8.47. The lowest BCUT2D eigenvalue weighted by Gasteiger charge is -2.37. The second-order valence-corrected chi connectivity index (χ2v) is 7.51. The van der Waals surface area contributed by atoms with E-state index < -0.39 is 11.6 Å². The van der Waals surface area contributed by atoms with Crippen molar-refractivity contribution in [1.82, 2.24) is 15.5 Å². The second-order valence-electron chi connectivity index (χ2n) is 7.51. The van der Waals surface area contributed by atoms with Crippen LogP contribution in [0.1, 0.15) is 44.9 Å². The largest absolute Gasteiger partial charge is 0.342 e. The van der Waals surface area contributed by atoms with Gasteiger partial charge < -0.3 is 10.2 Å². The van der Waals surface area contributed by atoms with Gasteiger partial charge >= 0.3 is 6.03 Å². The molecule has 6 nitrogen and oxygen atoms in total. The Bertz CT molecular complexity index is 525. The van der Waals surface area contributed by atoms with Crippen LogP contribution >= 0.6 is 0 Å². The molecule has 4 aliphatic rings. The Morgan fingerprint density at radius 2 is 1.95 bits per heavy atom. The van der Waals surface area contributed by atoms with Gasteiger partial charge in [0, 0.05) is 19.5 Å². The molecule has 0 aromatic carbocycles. The molecule has 4 amide bonds. The maximum atomic E-state index is 12.5. The molecule has 2 aliphatic heterocycles. The van der Waals surface area contributed by atoms with E-state index in [0.717, 1.165) is 11.8 Å². The maximum Gasteiger partial charge on any atom is 0.322 e. The van der Waals surface area contributed by atoms with Gasteiger partial charge in [-0.1, -0.05) is 6.42 Å². The number of likely N-dealkylation sites (tertiary alicyclic amines) is 1. The maximum absolute atomic E-state index is 12.5. The first kappa shape index (κ1) is 14.0. The lowest BCUT2D eigenvalue weighted by molar-refractivity contribution is -0.136. The molecule has 2 heterocycles. The van der Waals surface area contributed by atoms with Crippen LogP contribution in [0.15, 0.2) is 0 Å². The molecule has 2 N–H and O–H groups in total. The minimum absolute atomic E-state index is 0.233. The Labute approximate surface area is 130 Å². The Hall–Kier alpha value is -1.59. The number of rotatable bonds is 2. The number of imide groups is 1. The number of fused-ring (bicyclic) bond motifs is 2. The highest BCUT2D eigenvalue weighted by molar-refractivity contribution is 6.07. The number of nitrogens with zero attached hydrogens (tertiary/aromatic N) is 1. The summed E-state index contributed by atoms with van der Waals surface area (Å²) in [6.07, 6.45) is 6.93. The number of nitrogens with one attached hydrogen (secondary N) is 2. The summed E-state index contributed by atoms with van der Waals surface area (Å²) in [7, 11) is 0. The van der Waals surface area contributed by atoms with Gasteiger partial charge in [-0.15, -0.1) is 0 Å². The molecule has 0 aromatic rings. The molecule has 0 radical (unpaired) electrons. The van der Waals surface area contributed by atoms with Crippen LogP contribution in [0.25, 0.3) is 0 Å². The van der Waals surface area contributed by atoms with Gasteiger partial charge in [0.1, 0.15) is 5.54 Å². The van der Waals surface area contributed by atoms with Crippen LogP contribution in [0.2, 0.25) is 0 Å². The van der Waals surface area contributed by atoms with E-state index in [1.807, 2.05) is 4.90 Å². The molecule has 22 heavy (non-hydrogen) atoms. The Kier molecular flexibility index (Phi) is 3.16. The third kappa shape index (κ3) is 2.20. The first-order chi connectivity index (χ1) is 10.6. The van der Waals surface area contributed by atoms with Gasteiger partial charge in [0.2, 0.25) is 5.91 Å². The number of carbonyl (C=O) groups is 3. The minimum atomic E-state index is -0.777. The molecule has 4 fully saturated rings. The normalized spacial score (nSPS) is 35.8. The summed E-state index contributed by atoms with van der Waals surface area (Å²) < 4.78 is 0. The van der Waals surface area contributed by atoms with Gasteiger partial charge in [0.05, 0.1) is 0 Å². The van der Waals surface area contributed by atoms with E-state index in [9.17, 15) is 14.4 Å². The van der Waals surface area contributed by atoms with Crippen LogP contribution in [0.5, 0.6) is 0 Å². The average molecular weight is 305 g/mol.